The molecule has 0 radical (unpaired) electrons. The first-order valence-corrected chi connectivity index (χ1v) is 41.6. The first-order valence-electron chi connectivity index (χ1n) is 41.6. The van der Waals surface area contributed by atoms with Crippen LogP contribution in [0.25, 0.3) is 0 Å². The number of rotatable bonds is 79. The van der Waals surface area contributed by atoms with Gasteiger partial charge in [-0.1, -0.05) is 436 Å². The zero-order chi connectivity index (χ0) is 64.9. The first kappa shape index (κ1) is 88.3. The SMILES string of the molecule is CCCC/C=C\CCCCCCCC(=O)OCCCCCCCCCCCCCCCCCCCCCCCCCCCCCCCCCCCCCCCC(=O)NC(CO)C(O)/C=C/CCCCCCCCCCCCCCCCCCCCCCCCC. The molecule has 0 spiro atoms. The van der Waals surface area contributed by atoms with Crippen molar-refractivity contribution in [3.8, 4) is 0 Å². The fraction of sp³-hybridized carbons (Fsp3) is 0.929. The molecule has 0 aromatic carbocycles. The highest BCUT2D eigenvalue weighted by atomic mass is 16.5. The Kier molecular flexibility index (Phi) is 78.3. The molecule has 0 heterocycles. The molecular formula is C84H163NO5. The van der Waals surface area contributed by atoms with Gasteiger partial charge in [-0.05, 0) is 51.4 Å². The normalized spacial score (nSPS) is 12.5. The third-order valence-electron chi connectivity index (χ3n) is 19.7. The number of ether oxygens (including phenoxy) is 1. The van der Waals surface area contributed by atoms with Gasteiger partial charge in [0.2, 0.25) is 5.91 Å². The lowest BCUT2D eigenvalue weighted by molar-refractivity contribution is -0.143. The lowest BCUT2D eigenvalue weighted by Gasteiger charge is -2.20. The van der Waals surface area contributed by atoms with Gasteiger partial charge in [-0.2, -0.15) is 0 Å². The van der Waals surface area contributed by atoms with E-state index >= 15 is 0 Å². The smallest absolute Gasteiger partial charge is 0.305 e. The van der Waals surface area contributed by atoms with Crippen molar-refractivity contribution >= 4 is 11.9 Å². The summed E-state index contributed by atoms with van der Waals surface area (Å²) in [5.41, 5.74) is 0. The monoisotopic (exact) mass is 1270 g/mol. The van der Waals surface area contributed by atoms with Crippen LogP contribution >= 0.6 is 0 Å². The van der Waals surface area contributed by atoms with Gasteiger partial charge in [0, 0.05) is 12.8 Å². The Bertz CT molecular complexity index is 1410. The zero-order valence-corrected chi connectivity index (χ0v) is 61.4. The summed E-state index contributed by atoms with van der Waals surface area (Å²) in [6.07, 6.45) is 103. The predicted octanol–water partition coefficient (Wildman–Crippen LogP) is 27.6. The van der Waals surface area contributed by atoms with Gasteiger partial charge in [0.15, 0.2) is 0 Å². The van der Waals surface area contributed by atoms with Crippen LogP contribution < -0.4 is 5.32 Å². The van der Waals surface area contributed by atoms with E-state index in [0.29, 0.717) is 19.4 Å². The fourth-order valence-electron chi connectivity index (χ4n) is 13.4. The third-order valence-corrected chi connectivity index (χ3v) is 19.7. The summed E-state index contributed by atoms with van der Waals surface area (Å²) >= 11 is 0. The highest BCUT2D eigenvalue weighted by Gasteiger charge is 2.18. The van der Waals surface area contributed by atoms with E-state index in [-0.39, 0.29) is 18.5 Å². The molecule has 0 saturated carbocycles. The van der Waals surface area contributed by atoms with Crippen molar-refractivity contribution in [2.75, 3.05) is 13.2 Å². The van der Waals surface area contributed by atoms with Crippen molar-refractivity contribution in [2.45, 2.75) is 488 Å². The van der Waals surface area contributed by atoms with E-state index in [4.69, 9.17) is 4.74 Å². The molecule has 6 nitrogen and oxygen atoms in total. The van der Waals surface area contributed by atoms with Gasteiger partial charge in [-0.3, -0.25) is 9.59 Å². The lowest BCUT2D eigenvalue weighted by Crippen LogP contribution is -2.45. The van der Waals surface area contributed by atoms with Crippen molar-refractivity contribution in [1.82, 2.24) is 5.32 Å². The molecular weight excluding hydrogens is 1100 g/mol. The maximum Gasteiger partial charge on any atom is 0.305 e. The Morgan fingerprint density at radius 3 is 0.822 bits per heavy atom. The van der Waals surface area contributed by atoms with Crippen LogP contribution in [0.5, 0.6) is 0 Å². The molecule has 0 saturated heterocycles. The van der Waals surface area contributed by atoms with E-state index in [0.717, 1.165) is 44.9 Å². The number of amides is 1. The number of nitrogens with one attached hydrogen (secondary N) is 1. The summed E-state index contributed by atoms with van der Waals surface area (Å²) in [4.78, 5) is 24.6. The Morgan fingerprint density at radius 1 is 0.300 bits per heavy atom. The Morgan fingerprint density at radius 2 is 0.533 bits per heavy atom. The van der Waals surface area contributed by atoms with E-state index in [2.05, 4.69) is 31.3 Å². The van der Waals surface area contributed by atoms with Crippen molar-refractivity contribution in [3.05, 3.63) is 24.3 Å². The summed E-state index contributed by atoms with van der Waals surface area (Å²) < 4.78 is 5.48. The van der Waals surface area contributed by atoms with Gasteiger partial charge in [0.1, 0.15) is 0 Å². The van der Waals surface area contributed by atoms with Crippen LogP contribution in [-0.4, -0.2) is 47.4 Å². The average molecular weight is 1270 g/mol. The van der Waals surface area contributed by atoms with Crippen LogP contribution in [0.3, 0.4) is 0 Å². The molecule has 3 N–H and O–H groups in total. The fourth-order valence-corrected chi connectivity index (χ4v) is 13.4. The van der Waals surface area contributed by atoms with E-state index in [1.165, 1.54) is 405 Å². The predicted molar refractivity (Wildman–Crippen MR) is 398 cm³/mol. The van der Waals surface area contributed by atoms with Crippen molar-refractivity contribution in [3.63, 3.8) is 0 Å². The van der Waals surface area contributed by atoms with Crippen LogP contribution in [0.1, 0.15) is 476 Å². The number of aliphatic hydroxyl groups excluding tert-OH is 2. The van der Waals surface area contributed by atoms with Crippen LogP contribution in [0.15, 0.2) is 24.3 Å². The van der Waals surface area contributed by atoms with Gasteiger partial charge in [0.25, 0.3) is 0 Å². The quantitative estimate of drug-likeness (QED) is 0.0320. The zero-order valence-electron chi connectivity index (χ0n) is 61.4. The Hall–Kier alpha value is -1.66. The molecule has 1 amide bonds. The molecule has 2 unspecified atom stereocenters. The second-order valence-electron chi connectivity index (χ2n) is 28.8. The molecule has 0 fully saturated rings. The van der Waals surface area contributed by atoms with Crippen LogP contribution in [-0.2, 0) is 14.3 Å². The minimum atomic E-state index is -0.842. The standard InChI is InChI=1S/C84H163NO5/c1-3-5-7-9-11-13-15-16-17-18-19-20-21-35-38-41-44-47-50-53-57-60-64-68-72-76-82(87)81(80-86)85-83(88)77-73-69-65-61-58-54-51-48-45-42-39-36-33-31-29-27-25-23-22-24-26-28-30-32-34-37-40-43-46-49-52-55-59-63-67-71-75-79-90-84(89)78-74-70-66-62-56-14-12-10-8-6-4-2/h10,12,72,76,81-82,86-87H,3-9,11,13-71,73-75,77-80H2,1-2H3,(H,85,88)/b12-10-,76-72+. The molecule has 0 aromatic heterocycles. The number of unbranched alkanes of at least 4 members (excludes halogenated alkanes) is 66. The summed E-state index contributed by atoms with van der Waals surface area (Å²) in [6, 6.07) is -0.625. The number of carbonyl (C=O) groups excluding carboxylic acids is 2. The number of hydrogen-bond acceptors (Lipinski definition) is 5. The van der Waals surface area contributed by atoms with Gasteiger partial charge in [0.05, 0.1) is 25.4 Å². The van der Waals surface area contributed by atoms with Crippen LogP contribution in [0, 0.1) is 0 Å². The van der Waals surface area contributed by atoms with Gasteiger partial charge in [-0.25, -0.2) is 0 Å². The summed E-state index contributed by atoms with van der Waals surface area (Å²) in [7, 11) is 0. The Labute approximate surface area is 564 Å². The number of aliphatic hydroxyl groups is 2. The lowest BCUT2D eigenvalue weighted by atomic mass is 10.0. The van der Waals surface area contributed by atoms with Gasteiger partial charge < -0.3 is 20.3 Å². The second-order valence-corrected chi connectivity index (χ2v) is 28.8. The Balaban J connectivity index is 3.33. The van der Waals surface area contributed by atoms with Gasteiger partial charge >= 0.3 is 5.97 Å². The van der Waals surface area contributed by atoms with Crippen molar-refractivity contribution in [2.24, 2.45) is 0 Å². The van der Waals surface area contributed by atoms with Crippen molar-refractivity contribution in [1.29, 1.82) is 0 Å². The summed E-state index contributed by atoms with van der Waals surface area (Å²) in [5, 5.41) is 23.3. The van der Waals surface area contributed by atoms with E-state index in [1.54, 1.807) is 6.08 Å². The van der Waals surface area contributed by atoms with Crippen LogP contribution in [0.2, 0.25) is 0 Å². The molecule has 2 atom stereocenters. The molecule has 534 valence electrons. The molecule has 0 rings (SSSR count). The van der Waals surface area contributed by atoms with Crippen molar-refractivity contribution < 1.29 is 24.5 Å². The van der Waals surface area contributed by atoms with E-state index < -0.39 is 12.1 Å². The average Bonchev–Trinajstić information content (AvgIpc) is 3.62. The summed E-state index contributed by atoms with van der Waals surface area (Å²) in [6.45, 7) is 4.92. The highest BCUT2D eigenvalue weighted by Crippen LogP contribution is 2.21. The van der Waals surface area contributed by atoms with Crippen LogP contribution in [0.4, 0.5) is 0 Å². The van der Waals surface area contributed by atoms with E-state index in [9.17, 15) is 19.8 Å². The summed E-state index contributed by atoms with van der Waals surface area (Å²) in [5.74, 6) is -0.0436. The molecule has 0 aliphatic carbocycles. The maximum absolute atomic E-state index is 12.6. The minimum Gasteiger partial charge on any atom is -0.466 e. The minimum absolute atomic E-state index is 0.0129. The molecule has 0 aliphatic rings. The number of allylic oxidation sites excluding steroid dienone is 3. The topological polar surface area (TPSA) is 95.9 Å². The number of carbonyl (C=O) groups is 2. The van der Waals surface area contributed by atoms with Gasteiger partial charge in [-0.15, -0.1) is 0 Å². The molecule has 6 heteroatoms. The number of esters is 1. The number of hydrogen-bond donors (Lipinski definition) is 3. The largest absolute Gasteiger partial charge is 0.466 e. The van der Waals surface area contributed by atoms with E-state index in [1.807, 2.05) is 6.08 Å². The molecule has 90 heavy (non-hydrogen) atoms. The molecule has 0 aromatic rings. The second kappa shape index (κ2) is 79.8. The molecule has 0 aliphatic heterocycles. The first-order chi connectivity index (χ1) is 44.5. The highest BCUT2D eigenvalue weighted by molar-refractivity contribution is 5.76. The third kappa shape index (κ3) is 75.4. The maximum atomic E-state index is 12.6. The molecule has 0 bridgehead atoms.